The first kappa shape index (κ1) is 9.45. The standard InChI is InChI=1S/C11H9N3O/c15-11(9-1-4-12-5-2-9)7-10-3-6-13-8-14-10/h1-6,8H,7H2. The molecule has 0 aliphatic carbocycles. The molecule has 0 aliphatic heterocycles. The Morgan fingerprint density at radius 1 is 1.07 bits per heavy atom. The van der Waals surface area contributed by atoms with Crippen molar-refractivity contribution in [3.05, 3.63) is 54.4 Å². The summed E-state index contributed by atoms with van der Waals surface area (Å²) in [5.41, 5.74) is 1.38. The second kappa shape index (κ2) is 4.41. The molecule has 0 saturated carbocycles. The van der Waals surface area contributed by atoms with Crippen molar-refractivity contribution in [2.75, 3.05) is 0 Å². The number of Topliss-reactive ketones (excluding diaryl/α,β-unsaturated/α-hetero) is 1. The Labute approximate surface area is 87.0 Å². The van der Waals surface area contributed by atoms with Crippen LogP contribution >= 0.6 is 0 Å². The van der Waals surface area contributed by atoms with Gasteiger partial charge in [-0.05, 0) is 18.2 Å². The molecule has 0 amide bonds. The Morgan fingerprint density at radius 2 is 1.80 bits per heavy atom. The number of pyridine rings is 1. The maximum absolute atomic E-state index is 11.7. The fraction of sp³-hybridized carbons (Fsp3) is 0.0909. The molecular formula is C11H9N3O. The van der Waals surface area contributed by atoms with Crippen LogP contribution in [0.3, 0.4) is 0 Å². The van der Waals surface area contributed by atoms with Crippen LogP contribution in [0.15, 0.2) is 43.1 Å². The lowest BCUT2D eigenvalue weighted by atomic mass is 10.1. The van der Waals surface area contributed by atoms with Crippen LogP contribution in [0, 0.1) is 0 Å². The van der Waals surface area contributed by atoms with E-state index in [1.54, 1.807) is 36.8 Å². The Balaban J connectivity index is 2.12. The number of ketones is 1. The van der Waals surface area contributed by atoms with Crippen LogP contribution < -0.4 is 0 Å². The van der Waals surface area contributed by atoms with Gasteiger partial charge in [0.05, 0.1) is 12.1 Å². The number of carbonyl (C=O) groups is 1. The Kier molecular flexibility index (Phi) is 2.78. The fourth-order valence-corrected chi connectivity index (χ4v) is 1.23. The molecular weight excluding hydrogens is 190 g/mol. The Bertz CT molecular complexity index is 442. The van der Waals surface area contributed by atoms with Crippen molar-refractivity contribution < 1.29 is 4.79 Å². The average molecular weight is 199 g/mol. The molecule has 0 unspecified atom stereocenters. The summed E-state index contributed by atoms with van der Waals surface area (Å²) in [6, 6.07) is 5.13. The lowest BCUT2D eigenvalue weighted by molar-refractivity contribution is 0.0992. The van der Waals surface area contributed by atoms with E-state index in [0.717, 1.165) is 5.69 Å². The molecule has 2 aromatic rings. The minimum absolute atomic E-state index is 0.0381. The maximum atomic E-state index is 11.7. The van der Waals surface area contributed by atoms with Gasteiger partial charge in [-0.1, -0.05) is 0 Å². The van der Waals surface area contributed by atoms with Crippen LogP contribution in [0.5, 0.6) is 0 Å². The van der Waals surface area contributed by atoms with E-state index < -0.39 is 0 Å². The minimum atomic E-state index is 0.0381. The molecule has 0 aromatic carbocycles. The molecule has 15 heavy (non-hydrogen) atoms. The lowest BCUT2D eigenvalue weighted by Gasteiger charge is -1.99. The summed E-state index contributed by atoms with van der Waals surface area (Å²) in [6.07, 6.45) is 6.57. The second-order valence-electron chi connectivity index (χ2n) is 3.04. The van der Waals surface area contributed by atoms with Crippen molar-refractivity contribution in [1.29, 1.82) is 0 Å². The van der Waals surface area contributed by atoms with E-state index in [1.165, 1.54) is 6.33 Å². The van der Waals surface area contributed by atoms with E-state index in [0.29, 0.717) is 12.0 Å². The third-order valence-corrected chi connectivity index (χ3v) is 1.99. The second-order valence-corrected chi connectivity index (χ2v) is 3.04. The first-order chi connectivity index (χ1) is 7.36. The molecule has 4 heteroatoms. The van der Waals surface area contributed by atoms with Gasteiger partial charge in [0.15, 0.2) is 5.78 Å². The van der Waals surface area contributed by atoms with E-state index in [1.807, 2.05) is 0 Å². The highest BCUT2D eigenvalue weighted by molar-refractivity contribution is 5.97. The summed E-state index contributed by atoms with van der Waals surface area (Å²) < 4.78 is 0. The average Bonchev–Trinajstić information content (AvgIpc) is 2.31. The van der Waals surface area contributed by atoms with Gasteiger partial charge in [0.1, 0.15) is 6.33 Å². The van der Waals surface area contributed by atoms with Gasteiger partial charge in [0, 0.05) is 24.2 Å². The molecule has 2 rings (SSSR count). The summed E-state index contributed by atoms with van der Waals surface area (Å²) >= 11 is 0. The normalized spacial score (nSPS) is 9.87. The van der Waals surface area contributed by atoms with Crippen molar-refractivity contribution in [2.45, 2.75) is 6.42 Å². The molecule has 0 fully saturated rings. The first-order valence-electron chi connectivity index (χ1n) is 4.54. The highest BCUT2D eigenvalue weighted by atomic mass is 16.1. The summed E-state index contributed by atoms with van der Waals surface area (Å²) in [7, 11) is 0. The number of hydrogen-bond acceptors (Lipinski definition) is 4. The molecule has 0 bridgehead atoms. The SMILES string of the molecule is O=C(Cc1ccncn1)c1ccncc1. The van der Waals surface area contributed by atoms with Gasteiger partial charge in [-0.2, -0.15) is 0 Å². The predicted octanol–water partition coefficient (Wildman–Crippen LogP) is 1.30. The van der Waals surface area contributed by atoms with Crippen molar-refractivity contribution in [3.8, 4) is 0 Å². The van der Waals surface area contributed by atoms with E-state index in [9.17, 15) is 4.79 Å². The number of nitrogens with zero attached hydrogens (tertiary/aromatic N) is 3. The third-order valence-electron chi connectivity index (χ3n) is 1.99. The largest absolute Gasteiger partial charge is 0.294 e. The summed E-state index contributed by atoms with van der Waals surface area (Å²) in [5, 5.41) is 0. The van der Waals surface area contributed by atoms with Gasteiger partial charge < -0.3 is 0 Å². The number of carbonyl (C=O) groups excluding carboxylic acids is 1. The Morgan fingerprint density at radius 3 is 2.47 bits per heavy atom. The topological polar surface area (TPSA) is 55.7 Å². The van der Waals surface area contributed by atoms with E-state index in [-0.39, 0.29) is 5.78 Å². The van der Waals surface area contributed by atoms with Crippen LogP contribution in [0.2, 0.25) is 0 Å². The Hall–Kier alpha value is -2.10. The summed E-state index contributed by atoms with van der Waals surface area (Å²) in [4.78, 5) is 23.4. The highest BCUT2D eigenvalue weighted by Crippen LogP contribution is 2.03. The fourth-order valence-electron chi connectivity index (χ4n) is 1.23. The van der Waals surface area contributed by atoms with Gasteiger partial charge >= 0.3 is 0 Å². The minimum Gasteiger partial charge on any atom is -0.294 e. The molecule has 0 saturated heterocycles. The number of aromatic nitrogens is 3. The van der Waals surface area contributed by atoms with Crippen LogP contribution in [0.25, 0.3) is 0 Å². The molecule has 2 heterocycles. The van der Waals surface area contributed by atoms with Crippen molar-refractivity contribution in [2.24, 2.45) is 0 Å². The number of hydrogen-bond donors (Lipinski definition) is 0. The smallest absolute Gasteiger partial charge is 0.168 e. The zero-order valence-electron chi connectivity index (χ0n) is 8.00. The molecule has 74 valence electrons. The zero-order chi connectivity index (χ0) is 10.5. The van der Waals surface area contributed by atoms with Crippen LogP contribution in [0.4, 0.5) is 0 Å². The van der Waals surface area contributed by atoms with Gasteiger partial charge in [0.25, 0.3) is 0 Å². The summed E-state index contributed by atoms with van der Waals surface area (Å²) in [6.45, 7) is 0. The van der Waals surface area contributed by atoms with Crippen molar-refractivity contribution in [3.63, 3.8) is 0 Å². The quantitative estimate of drug-likeness (QED) is 0.699. The van der Waals surface area contributed by atoms with E-state index in [2.05, 4.69) is 15.0 Å². The van der Waals surface area contributed by atoms with Crippen molar-refractivity contribution in [1.82, 2.24) is 15.0 Å². The number of rotatable bonds is 3. The zero-order valence-corrected chi connectivity index (χ0v) is 8.00. The lowest BCUT2D eigenvalue weighted by Crippen LogP contribution is -2.04. The maximum Gasteiger partial charge on any atom is 0.168 e. The monoisotopic (exact) mass is 199 g/mol. The molecule has 0 aliphatic rings. The van der Waals surface area contributed by atoms with E-state index in [4.69, 9.17) is 0 Å². The molecule has 2 aromatic heterocycles. The highest BCUT2D eigenvalue weighted by Gasteiger charge is 2.06. The van der Waals surface area contributed by atoms with Crippen LogP contribution in [-0.2, 0) is 6.42 Å². The van der Waals surface area contributed by atoms with Gasteiger partial charge in [-0.15, -0.1) is 0 Å². The van der Waals surface area contributed by atoms with Gasteiger partial charge in [-0.25, -0.2) is 9.97 Å². The molecule has 0 N–H and O–H groups in total. The first-order valence-corrected chi connectivity index (χ1v) is 4.54. The van der Waals surface area contributed by atoms with Crippen LogP contribution in [0.1, 0.15) is 16.1 Å². The van der Waals surface area contributed by atoms with Gasteiger partial charge in [0.2, 0.25) is 0 Å². The van der Waals surface area contributed by atoms with Gasteiger partial charge in [-0.3, -0.25) is 9.78 Å². The molecule has 0 atom stereocenters. The van der Waals surface area contributed by atoms with Crippen LogP contribution in [-0.4, -0.2) is 20.7 Å². The molecule has 0 radical (unpaired) electrons. The molecule has 4 nitrogen and oxygen atoms in total. The summed E-state index contributed by atoms with van der Waals surface area (Å²) in [5.74, 6) is 0.0381. The predicted molar refractivity (Wildman–Crippen MR) is 54.3 cm³/mol. The van der Waals surface area contributed by atoms with Crippen molar-refractivity contribution >= 4 is 5.78 Å². The molecule has 0 spiro atoms. The van der Waals surface area contributed by atoms with E-state index >= 15 is 0 Å². The third kappa shape index (κ3) is 2.43.